The molecule has 2 N–H and O–H groups in total. The molecule has 3 nitrogen and oxygen atoms in total. The monoisotopic (exact) mass is 244 g/mol. The second-order valence-corrected chi connectivity index (χ2v) is 3.93. The molecule has 0 heterocycles. The summed E-state index contributed by atoms with van der Waals surface area (Å²) >= 11 is 0. The fraction of sp³-hybridized carbons (Fsp3) is 0.133. The van der Waals surface area contributed by atoms with Crippen LogP contribution >= 0.6 is 0 Å². The predicted octanol–water partition coefficient (Wildman–Crippen LogP) is 3.39. The summed E-state index contributed by atoms with van der Waals surface area (Å²) < 4.78 is 0. The van der Waals surface area contributed by atoms with Crippen LogP contribution < -0.4 is 0 Å². The average molecular weight is 244 g/mol. The summed E-state index contributed by atoms with van der Waals surface area (Å²) in [6.07, 6.45) is 0. The minimum atomic E-state index is -1.11. The summed E-state index contributed by atoms with van der Waals surface area (Å²) in [4.78, 5) is 10.4. The van der Waals surface area contributed by atoms with Crippen molar-refractivity contribution in [1.29, 1.82) is 0 Å². The molecule has 0 aromatic heterocycles. The van der Waals surface area contributed by atoms with E-state index in [0.29, 0.717) is 5.56 Å². The molecule has 0 aliphatic carbocycles. The predicted molar refractivity (Wildman–Crippen MR) is 71.0 cm³/mol. The van der Waals surface area contributed by atoms with Crippen LogP contribution in [0.1, 0.15) is 21.5 Å². The highest BCUT2D eigenvalue weighted by Crippen LogP contribution is 2.20. The van der Waals surface area contributed by atoms with Crippen molar-refractivity contribution < 1.29 is 15.0 Å². The van der Waals surface area contributed by atoms with Gasteiger partial charge < -0.3 is 10.2 Å². The summed E-state index contributed by atoms with van der Waals surface area (Å²) in [7, 11) is 0. The highest BCUT2D eigenvalue weighted by atomic mass is 16.4. The maximum absolute atomic E-state index is 10.4. The molecule has 0 aliphatic rings. The van der Waals surface area contributed by atoms with Gasteiger partial charge in [-0.15, -0.1) is 0 Å². The van der Waals surface area contributed by atoms with E-state index in [1.165, 1.54) is 11.6 Å². The number of carboxylic acids is 1. The number of aromatic carboxylic acids is 1. The van der Waals surface area contributed by atoms with Crippen LogP contribution in [-0.4, -0.2) is 16.2 Å². The minimum Gasteiger partial charge on any atom is -0.507 e. The molecule has 18 heavy (non-hydrogen) atoms. The lowest BCUT2D eigenvalue weighted by molar-refractivity contribution is 0.0693. The van der Waals surface area contributed by atoms with Gasteiger partial charge in [0, 0.05) is 0 Å². The molecule has 0 atom stereocenters. The van der Waals surface area contributed by atoms with Gasteiger partial charge in [0.05, 0.1) is 0 Å². The van der Waals surface area contributed by atoms with Crippen LogP contribution in [0.2, 0.25) is 0 Å². The number of aromatic hydroxyl groups is 1. The molecule has 3 heteroatoms. The van der Waals surface area contributed by atoms with Gasteiger partial charge in [0.1, 0.15) is 11.3 Å². The van der Waals surface area contributed by atoms with E-state index in [1.807, 2.05) is 18.2 Å². The quantitative estimate of drug-likeness (QED) is 0.808. The first-order chi connectivity index (χ1) is 8.52. The molecule has 0 unspecified atom stereocenters. The Morgan fingerprint density at radius 3 is 1.94 bits per heavy atom. The van der Waals surface area contributed by atoms with E-state index in [-0.39, 0.29) is 11.3 Å². The second-order valence-electron chi connectivity index (χ2n) is 3.93. The van der Waals surface area contributed by atoms with Crippen LogP contribution in [0.15, 0.2) is 48.5 Å². The third kappa shape index (κ3) is 3.94. The molecule has 0 aliphatic heterocycles. The third-order valence-corrected chi connectivity index (χ3v) is 2.41. The van der Waals surface area contributed by atoms with Gasteiger partial charge in [-0.2, -0.15) is 0 Å². The van der Waals surface area contributed by atoms with Gasteiger partial charge in [-0.1, -0.05) is 48.0 Å². The Bertz CT molecular complexity index is 519. The van der Waals surface area contributed by atoms with Crippen molar-refractivity contribution in [2.24, 2.45) is 0 Å². The number of rotatable bonds is 1. The zero-order chi connectivity index (χ0) is 13.5. The van der Waals surface area contributed by atoms with Gasteiger partial charge in [-0.25, -0.2) is 4.79 Å². The summed E-state index contributed by atoms with van der Waals surface area (Å²) in [5.74, 6) is -1.26. The van der Waals surface area contributed by atoms with Crippen LogP contribution in [0.5, 0.6) is 5.75 Å². The number of aryl methyl sites for hydroxylation is 2. The Kier molecular flexibility index (Phi) is 4.93. The van der Waals surface area contributed by atoms with Crippen LogP contribution in [0.4, 0.5) is 0 Å². The van der Waals surface area contributed by atoms with Crippen molar-refractivity contribution in [2.75, 3.05) is 0 Å². The van der Waals surface area contributed by atoms with Crippen molar-refractivity contribution in [1.82, 2.24) is 0 Å². The molecule has 0 amide bonds. The molecule has 94 valence electrons. The summed E-state index contributed by atoms with van der Waals surface area (Å²) in [5.41, 5.74) is 1.84. The van der Waals surface area contributed by atoms with Gasteiger partial charge in [0.2, 0.25) is 0 Å². The largest absolute Gasteiger partial charge is 0.507 e. The van der Waals surface area contributed by atoms with Crippen LogP contribution in [0, 0.1) is 13.8 Å². The maximum atomic E-state index is 10.4. The number of phenols is 1. The molecule has 0 saturated carbocycles. The van der Waals surface area contributed by atoms with Crippen molar-refractivity contribution >= 4 is 5.97 Å². The lowest BCUT2D eigenvalue weighted by Gasteiger charge is -2.00. The lowest BCUT2D eigenvalue weighted by atomic mass is 10.1. The first-order valence-electron chi connectivity index (χ1n) is 5.56. The highest BCUT2D eigenvalue weighted by molar-refractivity contribution is 5.91. The molecule has 2 rings (SSSR count). The van der Waals surface area contributed by atoms with Crippen molar-refractivity contribution in [3.05, 3.63) is 65.2 Å². The molecule has 0 radical (unpaired) electrons. The second kappa shape index (κ2) is 6.45. The summed E-state index contributed by atoms with van der Waals surface area (Å²) in [5, 5.41) is 17.7. The molecule has 0 spiro atoms. The third-order valence-electron chi connectivity index (χ3n) is 2.41. The van der Waals surface area contributed by atoms with Gasteiger partial charge in [0.25, 0.3) is 0 Å². The van der Waals surface area contributed by atoms with E-state index in [4.69, 9.17) is 5.11 Å². The van der Waals surface area contributed by atoms with Crippen LogP contribution in [-0.2, 0) is 0 Å². The van der Waals surface area contributed by atoms with Gasteiger partial charge in [-0.3, -0.25) is 0 Å². The number of hydrogen-bond donors (Lipinski definition) is 2. The number of benzene rings is 2. The van der Waals surface area contributed by atoms with Crippen molar-refractivity contribution in [3.8, 4) is 5.75 Å². The van der Waals surface area contributed by atoms with Gasteiger partial charge >= 0.3 is 5.97 Å². The summed E-state index contributed by atoms with van der Waals surface area (Å²) in [6.45, 7) is 3.74. The summed E-state index contributed by atoms with van der Waals surface area (Å²) in [6, 6.07) is 14.9. The van der Waals surface area contributed by atoms with E-state index < -0.39 is 5.97 Å². The standard InChI is InChI=1S/C8H8O3.C7H8/c1-5-3-2-4-6(7(5)9)8(10)11;1-7-5-3-2-4-6-7/h2-4,9H,1H3,(H,10,11);2-6H,1H3. The van der Waals surface area contributed by atoms with Crippen molar-refractivity contribution in [3.63, 3.8) is 0 Å². The fourth-order valence-electron chi connectivity index (χ4n) is 1.37. The van der Waals surface area contributed by atoms with Gasteiger partial charge in [0.15, 0.2) is 0 Å². The Morgan fingerprint density at radius 2 is 1.56 bits per heavy atom. The molecule has 0 fully saturated rings. The smallest absolute Gasteiger partial charge is 0.339 e. The first-order valence-corrected chi connectivity index (χ1v) is 5.56. The van der Waals surface area contributed by atoms with E-state index >= 15 is 0 Å². The first kappa shape index (κ1) is 13.8. The lowest BCUT2D eigenvalue weighted by Crippen LogP contribution is -1.96. The number of para-hydroxylation sites is 1. The maximum Gasteiger partial charge on any atom is 0.339 e. The number of carboxylic acid groups (broad SMARTS) is 1. The number of hydrogen-bond acceptors (Lipinski definition) is 2. The molecule has 0 bridgehead atoms. The average Bonchev–Trinajstić information content (AvgIpc) is 2.34. The topological polar surface area (TPSA) is 57.5 Å². The molecular formula is C15H16O3. The zero-order valence-electron chi connectivity index (χ0n) is 10.4. The fourth-order valence-corrected chi connectivity index (χ4v) is 1.37. The molecule has 0 saturated heterocycles. The van der Waals surface area contributed by atoms with Crippen LogP contribution in [0.25, 0.3) is 0 Å². The normalized spacial score (nSPS) is 9.22. The van der Waals surface area contributed by atoms with Gasteiger partial charge in [-0.05, 0) is 25.5 Å². The Morgan fingerprint density at radius 1 is 0.944 bits per heavy atom. The van der Waals surface area contributed by atoms with E-state index in [1.54, 1.807) is 19.1 Å². The Labute approximate surface area is 106 Å². The van der Waals surface area contributed by atoms with E-state index in [0.717, 1.165) is 0 Å². The zero-order valence-corrected chi connectivity index (χ0v) is 10.4. The highest BCUT2D eigenvalue weighted by Gasteiger charge is 2.09. The van der Waals surface area contributed by atoms with Crippen molar-refractivity contribution in [2.45, 2.75) is 13.8 Å². The SMILES string of the molecule is Cc1cccc(C(=O)O)c1O.Cc1ccccc1. The number of carbonyl (C=O) groups is 1. The van der Waals surface area contributed by atoms with Crippen LogP contribution in [0.3, 0.4) is 0 Å². The molecular weight excluding hydrogens is 228 g/mol. The minimum absolute atomic E-state index is 0.0509. The molecule has 2 aromatic rings. The Hall–Kier alpha value is -2.29. The van der Waals surface area contributed by atoms with E-state index in [9.17, 15) is 9.90 Å². The van der Waals surface area contributed by atoms with E-state index in [2.05, 4.69) is 19.1 Å². The Balaban J connectivity index is 0.000000199. The molecule has 2 aromatic carbocycles.